The van der Waals surface area contributed by atoms with Crippen molar-refractivity contribution in [2.75, 3.05) is 0 Å². The Morgan fingerprint density at radius 2 is 1.92 bits per heavy atom. The van der Waals surface area contributed by atoms with Crippen molar-refractivity contribution in [1.82, 2.24) is 4.98 Å². The normalized spacial score (nSPS) is 10.6. The van der Waals surface area contributed by atoms with E-state index in [0.29, 0.717) is 0 Å². The largest absolute Gasteiger partial charge is 0.506 e. The molecule has 0 aliphatic carbocycles. The molecule has 0 saturated heterocycles. The van der Waals surface area contributed by atoms with E-state index in [4.69, 9.17) is 5.11 Å². The zero-order valence-corrected chi connectivity index (χ0v) is 6.46. The number of nitrogens with zero attached hydrogens (tertiary/aromatic N) is 1. The molecule has 2 aromatic rings. The zero-order valence-electron chi connectivity index (χ0n) is 6.46. The lowest BCUT2D eigenvalue weighted by molar-refractivity contribution is 0.473. The third-order valence-corrected chi connectivity index (χ3v) is 1.70. The van der Waals surface area contributed by atoms with Gasteiger partial charge in [0.05, 0.1) is 11.7 Å². The maximum atomic E-state index is 13.0. The van der Waals surface area contributed by atoms with Gasteiger partial charge in [0.2, 0.25) is 0 Å². The first kappa shape index (κ1) is 7.91. The Labute approximate surface area is 72.5 Å². The molecule has 0 atom stereocenters. The van der Waals surface area contributed by atoms with Crippen LogP contribution in [-0.4, -0.2) is 10.1 Å². The number of benzene rings is 1. The summed E-state index contributed by atoms with van der Waals surface area (Å²) in [5.41, 5.74) is 0.190. The number of halogens is 2. The maximum absolute atomic E-state index is 13.0. The van der Waals surface area contributed by atoms with Gasteiger partial charge in [-0.1, -0.05) is 0 Å². The first-order valence-electron chi connectivity index (χ1n) is 3.60. The molecule has 0 aliphatic rings. The fourth-order valence-electron chi connectivity index (χ4n) is 1.14. The van der Waals surface area contributed by atoms with Gasteiger partial charge in [-0.15, -0.1) is 0 Å². The van der Waals surface area contributed by atoms with Crippen LogP contribution in [0.1, 0.15) is 0 Å². The molecule has 0 radical (unpaired) electrons. The highest BCUT2D eigenvalue weighted by atomic mass is 19.1. The molecular weight excluding hydrogens is 176 g/mol. The van der Waals surface area contributed by atoms with Crippen LogP contribution in [0.3, 0.4) is 0 Å². The molecule has 0 aliphatic heterocycles. The summed E-state index contributed by atoms with van der Waals surface area (Å²) in [6.07, 6.45) is 1.14. The van der Waals surface area contributed by atoms with E-state index in [0.717, 1.165) is 18.3 Å². The second-order valence-corrected chi connectivity index (χ2v) is 2.65. The van der Waals surface area contributed by atoms with Gasteiger partial charge in [-0.25, -0.2) is 8.78 Å². The smallest absolute Gasteiger partial charge is 0.135 e. The Hall–Kier alpha value is -1.71. The van der Waals surface area contributed by atoms with E-state index in [2.05, 4.69) is 4.98 Å². The second-order valence-electron chi connectivity index (χ2n) is 2.65. The van der Waals surface area contributed by atoms with Gasteiger partial charge >= 0.3 is 0 Å². The molecule has 0 unspecified atom stereocenters. The molecular formula is C9H5F2NO. The lowest BCUT2D eigenvalue weighted by atomic mass is 10.2. The van der Waals surface area contributed by atoms with Crippen LogP contribution in [0.4, 0.5) is 8.78 Å². The highest BCUT2D eigenvalue weighted by molar-refractivity contribution is 5.80. The molecule has 2 rings (SSSR count). The van der Waals surface area contributed by atoms with Crippen LogP contribution in [0.15, 0.2) is 24.4 Å². The van der Waals surface area contributed by atoms with Crippen molar-refractivity contribution >= 4 is 10.9 Å². The van der Waals surface area contributed by atoms with E-state index in [9.17, 15) is 8.78 Å². The van der Waals surface area contributed by atoms with E-state index < -0.39 is 11.6 Å². The summed E-state index contributed by atoms with van der Waals surface area (Å²) >= 11 is 0. The van der Waals surface area contributed by atoms with Gasteiger partial charge in [-0.3, -0.25) is 4.98 Å². The third-order valence-electron chi connectivity index (χ3n) is 1.70. The lowest BCUT2D eigenvalue weighted by Gasteiger charge is -1.99. The minimum atomic E-state index is -0.724. The van der Waals surface area contributed by atoms with Crippen molar-refractivity contribution in [2.45, 2.75) is 0 Å². The Kier molecular flexibility index (Phi) is 1.62. The van der Waals surface area contributed by atoms with Crippen molar-refractivity contribution in [1.29, 1.82) is 0 Å². The van der Waals surface area contributed by atoms with Crippen LogP contribution >= 0.6 is 0 Å². The molecule has 1 aromatic heterocycles. The van der Waals surface area contributed by atoms with Crippen molar-refractivity contribution in [3.63, 3.8) is 0 Å². The highest BCUT2D eigenvalue weighted by Gasteiger charge is 2.05. The van der Waals surface area contributed by atoms with Gasteiger partial charge in [0.25, 0.3) is 0 Å². The quantitative estimate of drug-likeness (QED) is 0.675. The number of aromatic hydroxyl groups is 1. The fraction of sp³-hybridized carbons (Fsp3) is 0. The fourth-order valence-corrected chi connectivity index (χ4v) is 1.14. The second kappa shape index (κ2) is 2.65. The average Bonchev–Trinajstić information content (AvgIpc) is 2.06. The Bertz CT molecular complexity index is 470. The first-order valence-corrected chi connectivity index (χ1v) is 3.60. The SMILES string of the molecule is Oc1cnc2cc(F)cc(F)c2c1. The van der Waals surface area contributed by atoms with E-state index in [-0.39, 0.29) is 16.7 Å². The number of pyridine rings is 1. The van der Waals surface area contributed by atoms with Gasteiger partial charge < -0.3 is 5.11 Å². The molecule has 1 aromatic carbocycles. The van der Waals surface area contributed by atoms with Crippen LogP contribution in [0.5, 0.6) is 5.75 Å². The third kappa shape index (κ3) is 1.30. The lowest BCUT2D eigenvalue weighted by Crippen LogP contribution is -1.85. The first-order chi connectivity index (χ1) is 6.16. The zero-order chi connectivity index (χ0) is 9.42. The summed E-state index contributed by atoms with van der Waals surface area (Å²) in [4.78, 5) is 3.67. The number of rotatable bonds is 0. The number of aromatic nitrogens is 1. The van der Waals surface area contributed by atoms with E-state index in [1.54, 1.807) is 0 Å². The summed E-state index contributed by atoms with van der Waals surface area (Å²) in [5.74, 6) is -1.54. The molecule has 0 bridgehead atoms. The number of hydrogen-bond acceptors (Lipinski definition) is 2. The van der Waals surface area contributed by atoms with Crippen molar-refractivity contribution in [3.05, 3.63) is 36.0 Å². The van der Waals surface area contributed by atoms with Crippen LogP contribution in [0.2, 0.25) is 0 Å². The average molecular weight is 181 g/mol. The maximum Gasteiger partial charge on any atom is 0.135 e. The summed E-state index contributed by atoms with van der Waals surface area (Å²) < 4.78 is 25.7. The molecule has 2 nitrogen and oxygen atoms in total. The van der Waals surface area contributed by atoms with Gasteiger partial charge in [0.1, 0.15) is 17.4 Å². The molecule has 1 N–H and O–H groups in total. The predicted octanol–water partition coefficient (Wildman–Crippen LogP) is 2.22. The van der Waals surface area contributed by atoms with Crippen LogP contribution < -0.4 is 0 Å². The Morgan fingerprint density at radius 1 is 1.15 bits per heavy atom. The van der Waals surface area contributed by atoms with Crippen LogP contribution in [0.25, 0.3) is 10.9 Å². The minimum absolute atomic E-state index is 0.112. The van der Waals surface area contributed by atoms with E-state index in [1.165, 1.54) is 6.07 Å². The molecule has 0 amide bonds. The predicted molar refractivity (Wildman–Crippen MR) is 43.3 cm³/mol. The minimum Gasteiger partial charge on any atom is -0.506 e. The van der Waals surface area contributed by atoms with Crippen molar-refractivity contribution < 1.29 is 13.9 Å². The van der Waals surface area contributed by atoms with E-state index >= 15 is 0 Å². The van der Waals surface area contributed by atoms with Gasteiger partial charge in [0.15, 0.2) is 0 Å². The summed E-state index contributed by atoms with van der Waals surface area (Å²) in [5, 5.41) is 9.11. The van der Waals surface area contributed by atoms with Crippen LogP contribution in [0, 0.1) is 11.6 Å². The molecule has 13 heavy (non-hydrogen) atoms. The summed E-state index contributed by atoms with van der Waals surface area (Å²) in [7, 11) is 0. The molecule has 0 fully saturated rings. The topological polar surface area (TPSA) is 33.1 Å². The highest BCUT2D eigenvalue weighted by Crippen LogP contribution is 2.21. The number of fused-ring (bicyclic) bond motifs is 1. The van der Waals surface area contributed by atoms with Gasteiger partial charge in [-0.05, 0) is 6.07 Å². The van der Waals surface area contributed by atoms with Gasteiger partial charge in [-0.2, -0.15) is 0 Å². The van der Waals surface area contributed by atoms with Crippen molar-refractivity contribution in [2.24, 2.45) is 0 Å². The molecule has 0 spiro atoms. The monoisotopic (exact) mass is 181 g/mol. The van der Waals surface area contributed by atoms with Gasteiger partial charge in [0, 0.05) is 17.5 Å². The van der Waals surface area contributed by atoms with E-state index in [1.807, 2.05) is 0 Å². The number of hydrogen-bond donors (Lipinski definition) is 1. The molecule has 0 saturated carbocycles. The molecule has 66 valence electrons. The van der Waals surface area contributed by atoms with Crippen LogP contribution in [-0.2, 0) is 0 Å². The summed E-state index contributed by atoms with van der Waals surface area (Å²) in [6, 6.07) is 3.07. The summed E-state index contributed by atoms with van der Waals surface area (Å²) in [6.45, 7) is 0. The standard InChI is InChI=1S/C9H5F2NO/c10-5-1-8(11)7-3-6(13)4-12-9(7)2-5/h1-4,13H. The molecule has 1 heterocycles. The Balaban J connectivity index is 2.87. The van der Waals surface area contributed by atoms with Crippen molar-refractivity contribution in [3.8, 4) is 5.75 Å². The Morgan fingerprint density at radius 3 is 2.69 bits per heavy atom. The molecule has 4 heteroatoms.